The van der Waals surface area contributed by atoms with Crippen molar-refractivity contribution in [3.8, 4) is 0 Å². The van der Waals surface area contributed by atoms with Crippen LogP contribution in [0.1, 0.15) is 26.8 Å². The van der Waals surface area contributed by atoms with Crippen LogP contribution in [-0.2, 0) is 9.84 Å². The first kappa shape index (κ1) is 13.5. The number of hydrogen-bond donors (Lipinski definition) is 0. The third kappa shape index (κ3) is 2.56. The van der Waals surface area contributed by atoms with E-state index >= 15 is 0 Å². The molecule has 1 aliphatic rings. The Balaban J connectivity index is 2.15. The first-order chi connectivity index (χ1) is 8.29. The molecule has 100 valence electrons. The SMILES string of the molecule is Cc1nc(C)c(C(=O)N2CCC(S(C)(=O)=O)C2)s1. The molecule has 1 aromatic rings. The second-order valence-electron chi connectivity index (χ2n) is 4.64. The summed E-state index contributed by atoms with van der Waals surface area (Å²) in [6.45, 7) is 4.47. The summed E-state index contributed by atoms with van der Waals surface area (Å²) in [5, 5.41) is 0.436. The molecule has 0 aromatic carbocycles. The quantitative estimate of drug-likeness (QED) is 0.815. The Morgan fingerprint density at radius 2 is 2.11 bits per heavy atom. The van der Waals surface area contributed by atoms with Crippen LogP contribution in [0.4, 0.5) is 0 Å². The standard InChI is InChI=1S/C11H16N2O3S2/c1-7-10(17-8(2)12-7)11(14)13-5-4-9(6-13)18(3,15)16/h9H,4-6H2,1-3H3. The van der Waals surface area contributed by atoms with Crippen molar-refractivity contribution in [3.05, 3.63) is 15.6 Å². The molecule has 0 saturated carbocycles. The van der Waals surface area contributed by atoms with E-state index in [1.54, 1.807) is 11.8 Å². The molecule has 0 N–H and O–H groups in total. The van der Waals surface area contributed by atoms with E-state index < -0.39 is 15.1 Å². The first-order valence-electron chi connectivity index (χ1n) is 5.71. The summed E-state index contributed by atoms with van der Waals surface area (Å²) in [5.41, 5.74) is 0.727. The monoisotopic (exact) mass is 288 g/mol. The Morgan fingerprint density at radius 3 is 2.56 bits per heavy atom. The number of rotatable bonds is 2. The van der Waals surface area contributed by atoms with Crippen LogP contribution in [0.2, 0.25) is 0 Å². The number of carbonyl (C=O) groups excluding carboxylic acids is 1. The van der Waals surface area contributed by atoms with Gasteiger partial charge in [0.15, 0.2) is 9.84 Å². The third-order valence-corrected chi connectivity index (χ3v) is 5.79. The minimum atomic E-state index is -3.06. The molecule has 1 atom stereocenters. The minimum Gasteiger partial charge on any atom is -0.337 e. The molecule has 0 spiro atoms. The van der Waals surface area contributed by atoms with Gasteiger partial charge in [0, 0.05) is 19.3 Å². The van der Waals surface area contributed by atoms with Gasteiger partial charge in [0.1, 0.15) is 4.88 Å². The van der Waals surface area contributed by atoms with Crippen LogP contribution in [0.15, 0.2) is 0 Å². The van der Waals surface area contributed by atoms with Gasteiger partial charge >= 0.3 is 0 Å². The molecule has 1 aliphatic heterocycles. The van der Waals surface area contributed by atoms with Gasteiger partial charge in [-0.25, -0.2) is 13.4 Å². The molecule has 1 fully saturated rings. The van der Waals surface area contributed by atoms with Crippen molar-refractivity contribution >= 4 is 27.1 Å². The van der Waals surface area contributed by atoms with E-state index in [-0.39, 0.29) is 5.91 Å². The van der Waals surface area contributed by atoms with E-state index in [0.29, 0.717) is 24.4 Å². The van der Waals surface area contributed by atoms with Gasteiger partial charge in [-0.3, -0.25) is 4.79 Å². The lowest BCUT2D eigenvalue weighted by molar-refractivity contribution is 0.0797. The number of carbonyl (C=O) groups is 1. The van der Waals surface area contributed by atoms with E-state index in [0.717, 1.165) is 10.7 Å². The van der Waals surface area contributed by atoms with Gasteiger partial charge < -0.3 is 4.90 Å². The van der Waals surface area contributed by atoms with E-state index in [4.69, 9.17) is 0 Å². The summed E-state index contributed by atoms with van der Waals surface area (Å²) in [6.07, 6.45) is 1.76. The highest BCUT2D eigenvalue weighted by Gasteiger charge is 2.33. The number of thiazole rings is 1. The highest BCUT2D eigenvalue weighted by Crippen LogP contribution is 2.23. The number of amides is 1. The van der Waals surface area contributed by atoms with Gasteiger partial charge in [-0.1, -0.05) is 0 Å². The maximum atomic E-state index is 12.3. The third-order valence-electron chi connectivity index (χ3n) is 3.14. The topological polar surface area (TPSA) is 67.3 Å². The Morgan fingerprint density at radius 1 is 1.44 bits per heavy atom. The lowest BCUT2D eigenvalue weighted by Crippen LogP contribution is -2.31. The summed E-state index contributed by atoms with van der Waals surface area (Å²) in [4.78, 5) is 18.7. The summed E-state index contributed by atoms with van der Waals surface area (Å²) in [6, 6.07) is 0. The second kappa shape index (κ2) is 4.62. The van der Waals surface area contributed by atoms with Crippen molar-refractivity contribution in [2.75, 3.05) is 19.3 Å². The number of nitrogens with zero attached hydrogens (tertiary/aromatic N) is 2. The lowest BCUT2D eigenvalue weighted by Gasteiger charge is -2.15. The van der Waals surface area contributed by atoms with Crippen LogP contribution in [0, 0.1) is 13.8 Å². The molecule has 1 unspecified atom stereocenters. The second-order valence-corrected chi connectivity index (χ2v) is 8.17. The normalized spacial score (nSPS) is 20.4. The van der Waals surface area contributed by atoms with Crippen molar-refractivity contribution in [1.82, 2.24) is 9.88 Å². The summed E-state index contributed by atoms with van der Waals surface area (Å²) >= 11 is 1.37. The van der Waals surface area contributed by atoms with E-state index in [2.05, 4.69) is 4.98 Å². The largest absolute Gasteiger partial charge is 0.337 e. The number of hydrogen-bond acceptors (Lipinski definition) is 5. The molecular formula is C11H16N2O3S2. The smallest absolute Gasteiger partial charge is 0.265 e. The van der Waals surface area contributed by atoms with Gasteiger partial charge in [-0.05, 0) is 20.3 Å². The predicted octanol–water partition coefficient (Wildman–Crippen LogP) is 1.02. The number of likely N-dealkylation sites (tertiary alicyclic amines) is 1. The molecule has 5 nitrogen and oxygen atoms in total. The maximum absolute atomic E-state index is 12.3. The van der Waals surface area contributed by atoms with Crippen molar-refractivity contribution in [2.24, 2.45) is 0 Å². The average molecular weight is 288 g/mol. The number of aromatic nitrogens is 1. The van der Waals surface area contributed by atoms with Gasteiger partial charge in [0.05, 0.1) is 16.0 Å². The summed E-state index contributed by atoms with van der Waals surface area (Å²) < 4.78 is 22.9. The van der Waals surface area contributed by atoms with Crippen molar-refractivity contribution in [1.29, 1.82) is 0 Å². The molecule has 1 aromatic heterocycles. The van der Waals surface area contributed by atoms with Crippen molar-refractivity contribution in [3.63, 3.8) is 0 Å². The molecule has 1 amide bonds. The molecule has 2 rings (SSSR count). The van der Waals surface area contributed by atoms with Crippen molar-refractivity contribution in [2.45, 2.75) is 25.5 Å². The molecule has 2 heterocycles. The van der Waals surface area contributed by atoms with Crippen LogP contribution < -0.4 is 0 Å². The van der Waals surface area contributed by atoms with Crippen LogP contribution >= 0.6 is 11.3 Å². The lowest BCUT2D eigenvalue weighted by atomic mass is 10.3. The van der Waals surface area contributed by atoms with Crippen LogP contribution in [0.5, 0.6) is 0 Å². The van der Waals surface area contributed by atoms with E-state index in [1.165, 1.54) is 17.6 Å². The predicted molar refractivity (Wildman–Crippen MR) is 70.7 cm³/mol. The molecule has 18 heavy (non-hydrogen) atoms. The highest BCUT2D eigenvalue weighted by molar-refractivity contribution is 7.91. The van der Waals surface area contributed by atoms with Crippen LogP contribution in [0.3, 0.4) is 0 Å². The van der Waals surface area contributed by atoms with Gasteiger partial charge in [-0.2, -0.15) is 0 Å². The molecule has 0 aliphatic carbocycles. The number of sulfone groups is 1. The Bertz CT molecular complexity index is 577. The average Bonchev–Trinajstić information content (AvgIpc) is 2.83. The zero-order valence-electron chi connectivity index (χ0n) is 10.6. The van der Waals surface area contributed by atoms with Gasteiger partial charge in [0.25, 0.3) is 5.91 Å². The van der Waals surface area contributed by atoms with Crippen molar-refractivity contribution < 1.29 is 13.2 Å². The maximum Gasteiger partial charge on any atom is 0.265 e. The van der Waals surface area contributed by atoms with Crippen LogP contribution in [-0.4, -0.2) is 48.8 Å². The van der Waals surface area contributed by atoms with E-state index in [1.807, 2.05) is 6.92 Å². The molecular weight excluding hydrogens is 272 g/mol. The summed E-state index contributed by atoms with van der Waals surface area (Å²) in [7, 11) is -3.06. The molecule has 1 saturated heterocycles. The van der Waals surface area contributed by atoms with Crippen LogP contribution in [0.25, 0.3) is 0 Å². The zero-order valence-corrected chi connectivity index (χ0v) is 12.3. The number of aryl methyl sites for hydroxylation is 2. The van der Waals surface area contributed by atoms with Gasteiger partial charge in [-0.15, -0.1) is 11.3 Å². The van der Waals surface area contributed by atoms with E-state index in [9.17, 15) is 13.2 Å². The Hall–Kier alpha value is -0.950. The Kier molecular flexibility index (Phi) is 3.46. The fourth-order valence-corrected chi connectivity index (χ4v) is 4.01. The fourth-order valence-electron chi connectivity index (χ4n) is 2.14. The highest BCUT2D eigenvalue weighted by atomic mass is 32.2. The van der Waals surface area contributed by atoms with Gasteiger partial charge in [0.2, 0.25) is 0 Å². The zero-order chi connectivity index (χ0) is 13.5. The molecule has 0 bridgehead atoms. The minimum absolute atomic E-state index is 0.0933. The summed E-state index contributed by atoms with van der Waals surface area (Å²) in [5.74, 6) is -0.0933. The molecule has 7 heteroatoms. The molecule has 0 radical (unpaired) electrons. The first-order valence-corrected chi connectivity index (χ1v) is 8.48. The fraction of sp³-hybridized carbons (Fsp3) is 0.636. The Labute approximate surface area is 111 Å².